The van der Waals surface area contributed by atoms with E-state index in [1.54, 1.807) is 36.4 Å². The monoisotopic (exact) mass is 332 g/mol. The van der Waals surface area contributed by atoms with Crippen molar-refractivity contribution in [1.82, 2.24) is 0 Å². The van der Waals surface area contributed by atoms with E-state index in [1.807, 2.05) is 12.1 Å². The van der Waals surface area contributed by atoms with Crippen molar-refractivity contribution in [2.75, 3.05) is 5.32 Å². The Bertz CT molecular complexity index is 748. The van der Waals surface area contributed by atoms with Crippen LogP contribution in [-0.4, -0.2) is 16.9 Å². The Balaban J connectivity index is 1.60. The molecule has 1 aliphatic rings. The number of anilines is 1. The number of carbonyl (C=O) groups excluding carboxylic acids is 1. The minimum Gasteiger partial charge on any atom is -0.456 e. The molecule has 2 aromatic rings. The van der Waals surface area contributed by atoms with E-state index in [4.69, 9.17) is 16.3 Å². The van der Waals surface area contributed by atoms with Crippen LogP contribution in [0.3, 0.4) is 0 Å². The molecule has 1 fully saturated rings. The third-order valence-corrected chi connectivity index (χ3v) is 3.86. The smallest absolute Gasteiger partial charge is 0.234 e. The number of halogens is 1. The first-order valence-corrected chi connectivity index (χ1v) is 7.39. The van der Waals surface area contributed by atoms with Gasteiger partial charge in [0.1, 0.15) is 17.4 Å². The molecule has 1 aliphatic carbocycles. The van der Waals surface area contributed by atoms with Gasteiger partial charge >= 0.3 is 0 Å². The van der Waals surface area contributed by atoms with Crippen molar-refractivity contribution in [1.29, 1.82) is 0 Å². The van der Waals surface area contributed by atoms with E-state index in [1.165, 1.54) is 0 Å². The predicted molar refractivity (Wildman–Crippen MR) is 85.5 cm³/mol. The van der Waals surface area contributed by atoms with Gasteiger partial charge in [-0.05, 0) is 36.4 Å². The fourth-order valence-corrected chi connectivity index (χ4v) is 2.37. The number of rotatable bonds is 5. The van der Waals surface area contributed by atoms with Crippen molar-refractivity contribution in [2.24, 2.45) is 5.92 Å². The minimum atomic E-state index is -0.752. The van der Waals surface area contributed by atoms with E-state index in [-0.39, 0.29) is 5.91 Å². The summed E-state index contributed by atoms with van der Waals surface area (Å²) in [6, 6.07) is 13.1. The van der Waals surface area contributed by atoms with Gasteiger partial charge in [0.25, 0.3) is 0 Å². The number of para-hydroxylation sites is 1. The van der Waals surface area contributed by atoms with Gasteiger partial charge in [-0.25, -0.2) is 0 Å². The zero-order chi connectivity index (χ0) is 16.4. The Morgan fingerprint density at radius 1 is 1.22 bits per heavy atom. The number of hydrogen-bond acceptors (Lipinski definition) is 4. The molecule has 6 nitrogen and oxygen atoms in total. The summed E-state index contributed by atoms with van der Waals surface area (Å²) < 4.78 is 5.64. The van der Waals surface area contributed by atoms with Crippen molar-refractivity contribution in [3.05, 3.63) is 63.7 Å². The van der Waals surface area contributed by atoms with Crippen LogP contribution in [0.25, 0.3) is 0 Å². The summed E-state index contributed by atoms with van der Waals surface area (Å²) in [7, 11) is 0. The highest BCUT2D eigenvalue weighted by Crippen LogP contribution is 2.34. The average Bonchev–Trinajstić information content (AvgIpc) is 3.32. The van der Waals surface area contributed by atoms with Gasteiger partial charge in [-0.2, -0.15) is 0 Å². The molecule has 0 aliphatic heterocycles. The lowest BCUT2D eigenvalue weighted by Crippen LogP contribution is -2.18. The predicted octanol–water partition coefficient (Wildman–Crippen LogP) is 3.74. The van der Waals surface area contributed by atoms with E-state index in [2.05, 4.69) is 5.32 Å². The zero-order valence-electron chi connectivity index (χ0n) is 11.9. The second kappa shape index (κ2) is 6.26. The highest BCUT2D eigenvalue weighted by Gasteiger charge is 2.53. The molecule has 3 rings (SSSR count). The lowest BCUT2D eigenvalue weighted by molar-refractivity contribution is -0.497. The summed E-state index contributed by atoms with van der Waals surface area (Å²) in [6.45, 7) is 0. The number of hydrogen-bond donors (Lipinski definition) is 1. The molecule has 0 radical (unpaired) electrons. The molecule has 1 N–H and O–H groups in total. The number of amides is 1. The Hall–Kier alpha value is -2.60. The molecule has 2 unspecified atom stereocenters. The van der Waals surface area contributed by atoms with Gasteiger partial charge in [-0.3, -0.25) is 14.9 Å². The number of carbonyl (C=O) groups is 1. The van der Waals surface area contributed by atoms with Crippen LogP contribution in [0.15, 0.2) is 48.5 Å². The Morgan fingerprint density at radius 2 is 1.91 bits per heavy atom. The standard InChI is InChI=1S/C16H13ClN2O4/c17-13-3-1-2-4-15(13)23-11-7-5-10(6-8-11)18-16(20)12-9-14(12)19(21)22/h1-8,12,14H,9H2,(H,18,20). The fourth-order valence-electron chi connectivity index (χ4n) is 2.19. The first kappa shape index (κ1) is 15.3. The van der Waals surface area contributed by atoms with Gasteiger partial charge in [0, 0.05) is 17.0 Å². The van der Waals surface area contributed by atoms with Crippen molar-refractivity contribution < 1.29 is 14.5 Å². The number of nitrogens with zero attached hydrogens (tertiary/aromatic N) is 1. The van der Waals surface area contributed by atoms with E-state index < -0.39 is 16.9 Å². The Morgan fingerprint density at radius 3 is 2.52 bits per heavy atom. The summed E-state index contributed by atoms with van der Waals surface area (Å²) in [5.41, 5.74) is 0.565. The molecule has 0 aromatic heterocycles. The van der Waals surface area contributed by atoms with Gasteiger partial charge in [-0.1, -0.05) is 23.7 Å². The third kappa shape index (κ3) is 3.60. The van der Waals surface area contributed by atoms with Gasteiger partial charge in [0.05, 0.1) is 5.02 Å². The fraction of sp³-hybridized carbons (Fsp3) is 0.188. The molecule has 0 heterocycles. The summed E-state index contributed by atoms with van der Waals surface area (Å²) in [6.07, 6.45) is 0.298. The summed E-state index contributed by atoms with van der Waals surface area (Å²) in [5.74, 6) is 0.249. The minimum absolute atomic E-state index is 0.298. The maximum absolute atomic E-state index is 11.8. The lowest BCUT2D eigenvalue weighted by Gasteiger charge is -2.08. The molecule has 7 heteroatoms. The van der Waals surface area contributed by atoms with Crippen molar-refractivity contribution in [3.8, 4) is 11.5 Å². The zero-order valence-corrected chi connectivity index (χ0v) is 12.7. The second-order valence-electron chi connectivity index (χ2n) is 5.24. The number of nitro groups is 1. The quantitative estimate of drug-likeness (QED) is 0.668. The van der Waals surface area contributed by atoms with Gasteiger partial charge in [-0.15, -0.1) is 0 Å². The van der Waals surface area contributed by atoms with E-state index in [0.29, 0.717) is 28.6 Å². The molecule has 1 saturated carbocycles. The summed E-state index contributed by atoms with van der Waals surface area (Å²) in [5, 5.41) is 13.7. The molecule has 0 spiro atoms. The van der Waals surface area contributed by atoms with Crippen molar-refractivity contribution >= 4 is 23.2 Å². The van der Waals surface area contributed by atoms with E-state index in [0.717, 1.165) is 0 Å². The highest BCUT2D eigenvalue weighted by atomic mass is 35.5. The topological polar surface area (TPSA) is 81.5 Å². The van der Waals surface area contributed by atoms with Crippen LogP contribution in [0.4, 0.5) is 5.69 Å². The Labute approximate surface area is 137 Å². The first-order chi connectivity index (χ1) is 11.0. The Kier molecular flexibility index (Phi) is 4.16. The summed E-state index contributed by atoms with van der Waals surface area (Å²) in [4.78, 5) is 22.0. The lowest BCUT2D eigenvalue weighted by atomic mass is 10.2. The molecular formula is C16H13ClN2O4. The van der Waals surface area contributed by atoms with Gasteiger partial charge in [0.15, 0.2) is 0 Å². The molecule has 118 valence electrons. The number of ether oxygens (including phenoxy) is 1. The third-order valence-electron chi connectivity index (χ3n) is 3.55. The molecule has 2 aromatic carbocycles. The molecule has 0 saturated heterocycles. The summed E-state index contributed by atoms with van der Waals surface area (Å²) >= 11 is 6.02. The maximum atomic E-state index is 11.8. The average molecular weight is 333 g/mol. The van der Waals surface area contributed by atoms with Gasteiger partial charge in [0.2, 0.25) is 11.9 Å². The second-order valence-corrected chi connectivity index (χ2v) is 5.65. The molecule has 2 atom stereocenters. The van der Waals surface area contributed by atoms with Crippen LogP contribution >= 0.6 is 11.6 Å². The SMILES string of the molecule is O=C(Nc1ccc(Oc2ccccc2Cl)cc1)C1CC1[N+](=O)[O-]. The van der Waals surface area contributed by atoms with Gasteiger partial charge < -0.3 is 10.1 Å². The van der Waals surface area contributed by atoms with Crippen molar-refractivity contribution in [3.63, 3.8) is 0 Å². The molecule has 23 heavy (non-hydrogen) atoms. The van der Waals surface area contributed by atoms with E-state index >= 15 is 0 Å². The molecular weight excluding hydrogens is 320 g/mol. The number of benzene rings is 2. The van der Waals surface area contributed by atoms with Crippen LogP contribution < -0.4 is 10.1 Å². The maximum Gasteiger partial charge on any atom is 0.234 e. The molecule has 0 bridgehead atoms. The van der Waals surface area contributed by atoms with Crippen molar-refractivity contribution in [2.45, 2.75) is 12.5 Å². The number of nitrogens with one attached hydrogen (secondary N) is 1. The first-order valence-electron chi connectivity index (χ1n) is 7.01. The van der Waals surface area contributed by atoms with Crippen LogP contribution in [-0.2, 0) is 4.79 Å². The largest absolute Gasteiger partial charge is 0.456 e. The van der Waals surface area contributed by atoms with Crippen LogP contribution in [0.2, 0.25) is 5.02 Å². The normalized spacial score (nSPS) is 19.0. The van der Waals surface area contributed by atoms with Crippen LogP contribution in [0.5, 0.6) is 11.5 Å². The van der Waals surface area contributed by atoms with Crippen LogP contribution in [0, 0.1) is 16.0 Å². The highest BCUT2D eigenvalue weighted by molar-refractivity contribution is 6.32. The van der Waals surface area contributed by atoms with Crippen LogP contribution in [0.1, 0.15) is 6.42 Å². The molecule has 1 amide bonds. The van der Waals surface area contributed by atoms with E-state index in [9.17, 15) is 14.9 Å².